The Kier molecular flexibility index (Phi) is 8.46. The van der Waals surface area contributed by atoms with Crippen LogP contribution in [0.15, 0.2) is 84.9 Å². The fraction of sp³-hybridized carbons (Fsp3) is 0.222. The minimum absolute atomic E-state index is 0.0300. The molecule has 4 N–H and O–H groups in total. The molecule has 0 unspecified atom stereocenters. The molecule has 0 heterocycles. The number of hydrogen-bond acceptors (Lipinski definition) is 3. The van der Waals surface area contributed by atoms with Gasteiger partial charge < -0.3 is 15.8 Å². The second-order valence-corrected chi connectivity index (χ2v) is 7.64. The van der Waals surface area contributed by atoms with E-state index in [4.69, 9.17) is 15.9 Å². The maximum absolute atomic E-state index is 7.22. The van der Waals surface area contributed by atoms with Crippen molar-refractivity contribution in [2.24, 2.45) is 5.73 Å². The number of ether oxygens (including phenoxy) is 1. The minimum Gasteiger partial charge on any atom is -0.492 e. The summed E-state index contributed by atoms with van der Waals surface area (Å²) in [6.07, 6.45) is 0.938. The molecule has 0 saturated heterocycles. The number of nitrogens with two attached hydrogens (primary N) is 1. The average Bonchev–Trinajstić information content (AvgIpc) is 2.83. The third-order valence-electron chi connectivity index (χ3n) is 5.26. The highest BCUT2D eigenvalue weighted by Crippen LogP contribution is 2.34. The summed E-state index contributed by atoms with van der Waals surface area (Å²) < 4.78 is 5.92. The van der Waals surface area contributed by atoms with Crippen molar-refractivity contribution < 1.29 is 4.74 Å². The van der Waals surface area contributed by atoms with Crippen molar-refractivity contribution in [3.05, 3.63) is 102 Å². The second kappa shape index (κ2) is 11.7. The first-order valence-corrected chi connectivity index (χ1v) is 10.9. The number of nitrogens with zero attached hydrogens (tertiary/aromatic N) is 1. The predicted octanol–water partition coefficient (Wildman–Crippen LogP) is 4.81. The molecule has 0 saturated carbocycles. The molecule has 0 aliphatic heterocycles. The molecule has 166 valence electrons. The molecule has 32 heavy (non-hydrogen) atoms. The van der Waals surface area contributed by atoms with Crippen molar-refractivity contribution in [3.63, 3.8) is 0 Å². The lowest BCUT2D eigenvalue weighted by atomic mass is 9.88. The van der Waals surface area contributed by atoms with Gasteiger partial charge >= 0.3 is 0 Å². The summed E-state index contributed by atoms with van der Waals surface area (Å²) in [4.78, 5) is 2.01. The van der Waals surface area contributed by atoms with E-state index >= 15 is 0 Å². The van der Waals surface area contributed by atoms with Crippen LogP contribution in [-0.4, -0.2) is 37.7 Å². The van der Waals surface area contributed by atoms with E-state index in [1.165, 1.54) is 27.8 Å². The van der Waals surface area contributed by atoms with Crippen LogP contribution in [0, 0.1) is 5.41 Å². The molecule has 0 radical (unpaired) electrons. The van der Waals surface area contributed by atoms with Gasteiger partial charge in [-0.3, -0.25) is 10.3 Å². The van der Waals surface area contributed by atoms with Crippen LogP contribution in [0.2, 0.25) is 0 Å². The molecule has 0 aromatic heterocycles. The largest absolute Gasteiger partial charge is 0.492 e. The van der Waals surface area contributed by atoms with Crippen LogP contribution < -0.4 is 15.8 Å². The molecule has 5 nitrogen and oxygen atoms in total. The van der Waals surface area contributed by atoms with E-state index in [1.807, 2.05) is 24.1 Å². The predicted molar refractivity (Wildman–Crippen MR) is 134 cm³/mol. The monoisotopic (exact) mass is 428 g/mol. The fourth-order valence-electron chi connectivity index (χ4n) is 3.62. The van der Waals surface area contributed by atoms with Crippen LogP contribution in [-0.2, 0) is 0 Å². The van der Waals surface area contributed by atoms with E-state index in [9.17, 15) is 0 Å². The van der Waals surface area contributed by atoms with Crippen LogP contribution in [0.3, 0.4) is 0 Å². The molecule has 0 aliphatic carbocycles. The van der Waals surface area contributed by atoms with Crippen molar-refractivity contribution in [2.45, 2.75) is 13.3 Å². The van der Waals surface area contributed by atoms with Gasteiger partial charge in [0, 0.05) is 6.54 Å². The minimum atomic E-state index is -0.0300. The van der Waals surface area contributed by atoms with Crippen LogP contribution in [0.5, 0.6) is 5.75 Å². The highest BCUT2D eigenvalue weighted by molar-refractivity contribution is 5.98. The normalized spacial score (nSPS) is 11.7. The Morgan fingerprint density at radius 3 is 2.00 bits per heavy atom. The lowest BCUT2D eigenvalue weighted by molar-refractivity contribution is 0.234. The summed E-state index contributed by atoms with van der Waals surface area (Å²) in [7, 11) is 1.95. The SMILES string of the molecule is CC/C(=C(\c1ccccc1)c1ccc(OCCN(C)CNC(=N)N)cc1)c1ccccc1. The molecular weight excluding hydrogens is 396 g/mol. The molecule has 0 amide bonds. The molecule has 3 aromatic rings. The summed E-state index contributed by atoms with van der Waals surface area (Å²) in [6, 6.07) is 29.5. The first kappa shape index (κ1) is 23.1. The Balaban J connectivity index is 1.80. The summed E-state index contributed by atoms with van der Waals surface area (Å²) >= 11 is 0. The number of benzene rings is 3. The van der Waals surface area contributed by atoms with Gasteiger partial charge in [-0.15, -0.1) is 0 Å². The third kappa shape index (κ3) is 6.46. The van der Waals surface area contributed by atoms with Gasteiger partial charge in [0.15, 0.2) is 5.96 Å². The highest BCUT2D eigenvalue weighted by atomic mass is 16.5. The van der Waals surface area contributed by atoms with E-state index in [0.29, 0.717) is 13.3 Å². The zero-order valence-electron chi connectivity index (χ0n) is 18.8. The quantitative estimate of drug-likeness (QED) is 0.188. The molecule has 5 heteroatoms. The summed E-state index contributed by atoms with van der Waals surface area (Å²) in [5, 5.41) is 10.0. The van der Waals surface area contributed by atoms with Crippen LogP contribution in [0.4, 0.5) is 0 Å². The van der Waals surface area contributed by atoms with Gasteiger partial charge in [0.1, 0.15) is 12.4 Å². The van der Waals surface area contributed by atoms with Crippen molar-refractivity contribution >= 4 is 17.1 Å². The zero-order chi connectivity index (χ0) is 22.8. The van der Waals surface area contributed by atoms with E-state index in [-0.39, 0.29) is 5.96 Å². The van der Waals surface area contributed by atoms with Gasteiger partial charge in [0.25, 0.3) is 0 Å². The van der Waals surface area contributed by atoms with Crippen LogP contribution >= 0.6 is 0 Å². The Labute approximate surface area is 191 Å². The number of nitrogens with one attached hydrogen (secondary N) is 2. The standard InChI is InChI=1S/C27H32N4O/c1-3-25(21-10-6-4-7-11-21)26(22-12-8-5-9-13-22)23-14-16-24(17-15-23)32-19-18-31(2)20-30-27(28)29/h4-17H,3,18-20H2,1-2H3,(H4,28,29,30)/b26-25-. The molecule has 0 aliphatic rings. The second-order valence-electron chi connectivity index (χ2n) is 7.64. The van der Waals surface area contributed by atoms with Gasteiger partial charge in [0.05, 0.1) is 6.67 Å². The Morgan fingerprint density at radius 1 is 0.875 bits per heavy atom. The maximum Gasteiger partial charge on any atom is 0.186 e. The third-order valence-corrected chi connectivity index (χ3v) is 5.26. The Morgan fingerprint density at radius 2 is 1.44 bits per heavy atom. The van der Waals surface area contributed by atoms with Crippen LogP contribution in [0.25, 0.3) is 11.1 Å². The van der Waals surface area contributed by atoms with Crippen molar-refractivity contribution in [1.29, 1.82) is 5.41 Å². The van der Waals surface area contributed by atoms with Gasteiger partial charge in [-0.1, -0.05) is 79.7 Å². The summed E-state index contributed by atoms with van der Waals surface area (Å²) in [5.41, 5.74) is 11.5. The van der Waals surface area contributed by atoms with Gasteiger partial charge in [-0.2, -0.15) is 0 Å². The summed E-state index contributed by atoms with van der Waals surface area (Å²) in [5.74, 6) is 0.810. The van der Waals surface area contributed by atoms with Crippen molar-refractivity contribution in [3.8, 4) is 5.75 Å². The zero-order valence-corrected chi connectivity index (χ0v) is 18.8. The number of likely N-dealkylation sites (N-methyl/N-ethyl adjacent to an activating group) is 1. The topological polar surface area (TPSA) is 74.4 Å². The van der Waals surface area contributed by atoms with Crippen molar-refractivity contribution in [2.75, 3.05) is 26.9 Å². The molecule has 0 atom stereocenters. The Bertz CT molecular complexity index is 1010. The lowest BCUT2D eigenvalue weighted by Crippen LogP contribution is -2.40. The first-order valence-electron chi connectivity index (χ1n) is 10.9. The van der Waals surface area contributed by atoms with E-state index < -0.39 is 0 Å². The maximum atomic E-state index is 7.22. The first-order chi connectivity index (χ1) is 15.6. The molecule has 3 rings (SSSR count). The molecule has 0 fully saturated rings. The highest BCUT2D eigenvalue weighted by Gasteiger charge is 2.13. The lowest BCUT2D eigenvalue weighted by Gasteiger charge is -2.18. The van der Waals surface area contributed by atoms with Crippen molar-refractivity contribution in [1.82, 2.24) is 10.2 Å². The molecule has 0 bridgehead atoms. The van der Waals surface area contributed by atoms with Gasteiger partial charge in [-0.05, 0) is 53.4 Å². The fourth-order valence-corrected chi connectivity index (χ4v) is 3.62. The number of guanidine groups is 1. The van der Waals surface area contributed by atoms with E-state index in [2.05, 4.69) is 85.0 Å². The smallest absolute Gasteiger partial charge is 0.186 e. The van der Waals surface area contributed by atoms with E-state index in [1.54, 1.807) is 0 Å². The Hall–Kier alpha value is -3.57. The average molecular weight is 429 g/mol. The number of rotatable bonds is 10. The van der Waals surface area contributed by atoms with E-state index in [0.717, 1.165) is 18.7 Å². The molecule has 3 aromatic carbocycles. The van der Waals surface area contributed by atoms with Gasteiger partial charge in [0.2, 0.25) is 0 Å². The molecular formula is C27H32N4O. The summed E-state index contributed by atoms with van der Waals surface area (Å²) in [6.45, 7) is 4.01. The number of hydrogen-bond donors (Lipinski definition) is 3. The number of allylic oxidation sites excluding steroid dienone is 1. The van der Waals surface area contributed by atoms with Gasteiger partial charge in [-0.25, -0.2) is 0 Å². The van der Waals surface area contributed by atoms with Crippen LogP contribution in [0.1, 0.15) is 30.0 Å². The molecule has 0 spiro atoms.